The predicted molar refractivity (Wildman–Crippen MR) is 115 cm³/mol. The molecule has 0 atom stereocenters. The Morgan fingerprint density at radius 2 is 1.83 bits per heavy atom. The Hall–Kier alpha value is -2.96. The van der Waals surface area contributed by atoms with Crippen LogP contribution in [0.15, 0.2) is 53.5 Å². The van der Waals surface area contributed by atoms with Gasteiger partial charge in [0.15, 0.2) is 0 Å². The Balaban J connectivity index is 1.84. The summed E-state index contributed by atoms with van der Waals surface area (Å²) in [7, 11) is 1.60. The van der Waals surface area contributed by atoms with Gasteiger partial charge < -0.3 is 5.32 Å². The number of hydrogen-bond acceptors (Lipinski definition) is 4. The van der Waals surface area contributed by atoms with Crippen LogP contribution < -0.4 is 10.9 Å². The fourth-order valence-corrected chi connectivity index (χ4v) is 3.70. The lowest BCUT2D eigenvalue weighted by molar-refractivity contribution is 0.631. The van der Waals surface area contributed by atoms with Crippen LogP contribution in [0.3, 0.4) is 0 Å². The molecule has 4 rings (SSSR count). The third-order valence-corrected chi connectivity index (χ3v) is 5.18. The Bertz CT molecular complexity index is 1300. The van der Waals surface area contributed by atoms with Crippen molar-refractivity contribution in [3.63, 3.8) is 0 Å². The number of fused-ring (bicyclic) bond motifs is 1. The molecule has 0 radical (unpaired) electrons. The fourth-order valence-electron chi connectivity index (χ4n) is 3.10. The highest BCUT2D eigenvalue weighted by Gasteiger charge is 2.16. The number of aromatic nitrogens is 3. The van der Waals surface area contributed by atoms with Gasteiger partial charge in [-0.15, -0.1) is 0 Å². The minimum absolute atomic E-state index is 0.181. The van der Waals surface area contributed by atoms with E-state index in [2.05, 4.69) is 15.3 Å². The van der Waals surface area contributed by atoms with E-state index < -0.39 is 5.82 Å². The molecule has 0 saturated carbocycles. The summed E-state index contributed by atoms with van der Waals surface area (Å²) in [4.78, 5) is 21.6. The molecule has 0 fully saturated rings. The van der Waals surface area contributed by atoms with Crippen molar-refractivity contribution in [3.8, 4) is 11.1 Å². The average molecular weight is 429 g/mol. The molecule has 0 amide bonds. The average Bonchev–Trinajstić information content (AvgIpc) is 2.69. The second-order valence-corrected chi connectivity index (χ2v) is 7.41. The third kappa shape index (κ3) is 3.57. The lowest BCUT2D eigenvalue weighted by Crippen LogP contribution is -2.20. The summed E-state index contributed by atoms with van der Waals surface area (Å²) in [5, 5.41) is 4.24. The molecular weight excluding hydrogens is 414 g/mol. The molecule has 0 bridgehead atoms. The van der Waals surface area contributed by atoms with E-state index in [1.807, 2.05) is 6.92 Å². The molecule has 2 heterocycles. The van der Waals surface area contributed by atoms with Gasteiger partial charge in [-0.25, -0.2) is 9.37 Å². The van der Waals surface area contributed by atoms with Gasteiger partial charge in [0.2, 0.25) is 5.95 Å². The summed E-state index contributed by atoms with van der Waals surface area (Å²) >= 11 is 12.5. The maximum atomic E-state index is 14.0. The molecule has 0 aliphatic carbocycles. The van der Waals surface area contributed by atoms with Crippen LogP contribution in [0.5, 0.6) is 0 Å². The van der Waals surface area contributed by atoms with Crippen molar-refractivity contribution in [1.29, 1.82) is 0 Å². The van der Waals surface area contributed by atoms with E-state index in [9.17, 15) is 9.18 Å². The SMILES string of the molecule is Cc1ccc(F)c(Nc2ncc3cc(-c4c(Cl)cccc4Cl)c(=O)n(C)c3n2)c1. The van der Waals surface area contributed by atoms with Gasteiger partial charge in [0.1, 0.15) is 11.5 Å². The highest BCUT2D eigenvalue weighted by atomic mass is 35.5. The largest absolute Gasteiger partial charge is 0.322 e. The summed E-state index contributed by atoms with van der Waals surface area (Å²) in [6, 6.07) is 11.4. The quantitative estimate of drug-likeness (QED) is 0.468. The summed E-state index contributed by atoms with van der Waals surface area (Å²) in [5.41, 5.74) is 2.05. The number of rotatable bonds is 3. The van der Waals surface area contributed by atoms with Crippen LogP contribution in [0, 0.1) is 12.7 Å². The first-order valence-corrected chi connectivity index (χ1v) is 9.45. The van der Waals surface area contributed by atoms with E-state index in [1.165, 1.54) is 10.6 Å². The molecule has 146 valence electrons. The molecule has 2 aromatic heterocycles. The highest BCUT2D eigenvalue weighted by molar-refractivity contribution is 6.39. The van der Waals surface area contributed by atoms with E-state index >= 15 is 0 Å². The number of halogens is 3. The maximum Gasteiger partial charge on any atom is 0.259 e. The van der Waals surface area contributed by atoms with E-state index in [0.717, 1.165) is 5.56 Å². The minimum atomic E-state index is -0.420. The number of hydrogen-bond donors (Lipinski definition) is 1. The van der Waals surface area contributed by atoms with Crippen molar-refractivity contribution in [2.75, 3.05) is 5.32 Å². The Labute approximate surface area is 175 Å². The number of nitrogens with one attached hydrogen (secondary N) is 1. The van der Waals surface area contributed by atoms with Crippen LogP contribution in [-0.2, 0) is 7.05 Å². The van der Waals surface area contributed by atoms with Crippen LogP contribution in [0.25, 0.3) is 22.2 Å². The number of benzene rings is 2. The number of nitrogens with zero attached hydrogens (tertiary/aromatic N) is 3. The first-order chi connectivity index (χ1) is 13.8. The van der Waals surface area contributed by atoms with Crippen molar-refractivity contribution >= 4 is 45.9 Å². The predicted octanol–water partition coefficient (Wildman–Crippen LogP) is 5.49. The summed E-state index contributed by atoms with van der Waals surface area (Å²) in [6.07, 6.45) is 1.56. The molecular formula is C21H15Cl2FN4O. The van der Waals surface area contributed by atoms with Gasteiger partial charge >= 0.3 is 0 Å². The lowest BCUT2D eigenvalue weighted by Gasteiger charge is -2.12. The molecule has 0 spiro atoms. The maximum absolute atomic E-state index is 14.0. The minimum Gasteiger partial charge on any atom is -0.322 e. The summed E-state index contributed by atoms with van der Waals surface area (Å²) in [5.74, 6) is -0.238. The molecule has 2 aromatic carbocycles. The van der Waals surface area contributed by atoms with Crippen LogP contribution in [0.4, 0.5) is 16.0 Å². The molecule has 0 unspecified atom stereocenters. The number of pyridine rings is 1. The molecule has 0 saturated heterocycles. The Morgan fingerprint density at radius 3 is 2.55 bits per heavy atom. The van der Waals surface area contributed by atoms with E-state index in [0.29, 0.717) is 32.2 Å². The standard InChI is InChI=1S/C21H15Cl2FN4O/c1-11-6-7-16(24)17(8-11)26-21-25-10-12-9-13(20(29)28(2)19(12)27-21)18-14(22)4-3-5-15(18)23/h3-10H,1-2H3,(H,25,26,27). The van der Waals surface area contributed by atoms with Gasteiger partial charge in [-0.2, -0.15) is 4.98 Å². The first-order valence-electron chi connectivity index (χ1n) is 8.69. The lowest BCUT2D eigenvalue weighted by atomic mass is 10.1. The van der Waals surface area contributed by atoms with Crippen molar-refractivity contribution in [3.05, 3.63) is 80.4 Å². The van der Waals surface area contributed by atoms with Crippen molar-refractivity contribution in [1.82, 2.24) is 14.5 Å². The number of anilines is 2. The van der Waals surface area contributed by atoms with Crippen LogP contribution in [0.2, 0.25) is 10.0 Å². The Kier molecular flexibility index (Phi) is 4.98. The second-order valence-electron chi connectivity index (χ2n) is 6.60. The summed E-state index contributed by atoms with van der Waals surface area (Å²) < 4.78 is 15.4. The van der Waals surface area contributed by atoms with Gasteiger partial charge in [0.05, 0.1) is 21.3 Å². The zero-order valence-electron chi connectivity index (χ0n) is 15.5. The van der Waals surface area contributed by atoms with E-state index in [1.54, 1.807) is 49.6 Å². The molecule has 1 N–H and O–H groups in total. The topological polar surface area (TPSA) is 59.8 Å². The zero-order chi connectivity index (χ0) is 20.7. The third-order valence-electron chi connectivity index (χ3n) is 4.55. The molecule has 8 heteroatoms. The molecule has 0 aliphatic rings. The monoisotopic (exact) mass is 428 g/mol. The molecule has 5 nitrogen and oxygen atoms in total. The van der Waals surface area contributed by atoms with Crippen LogP contribution in [0.1, 0.15) is 5.56 Å². The number of aryl methyl sites for hydroxylation is 2. The van der Waals surface area contributed by atoms with Gasteiger partial charge in [0, 0.05) is 24.2 Å². The summed E-state index contributed by atoms with van der Waals surface area (Å²) in [6.45, 7) is 1.86. The zero-order valence-corrected chi connectivity index (χ0v) is 17.0. The van der Waals surface area contributed by atoms with E-state index in [4.69, 9.17) is 23.2 Å². The van der Waals surface area contributed by atoms with E-state index in [-0.39, 0.29) is 17.2 Å². The van der Waals surface area contributed by atoms with Crippen molar-refractivity contribution in [2.45, 2.75) is 6.92 Å². The second kappa shape index (κ2) is 7.46. The van der Waals surface area contributed by atoms with Crippen molar-refractivity contribution < 1.29 is 4.39 Å². The van der Waals surface area contributed by atoms with Gasteiger partial charge in [-0.3, -0.25) is 9.36 Å². The van der Waals surface area contributed by atoms with Gasteiger partial charge in [-0.05, 0) is 42.8 Å². The Morgan fingerprint density at radius 1 is 1.10 bits per heavy atom. The van der Waals surface area contributed by atoms with Gasteiger partial charge in [0.25, 0.3) is 5.56 Å². The molecule has 0 aliphatic heterocycles. The first kappa shape index (κ1) is 19.4. The smallest absolute Gasteiger partial charge is 0.259 e. The molecule has 29 heavy (non-hydrogen) atoms. The fraction of sp³-hybridized carbons (Fsp3) is 0.0952. The van der Waals surface area contributed by atoms with Crippen LogP contribution in [-0.4, -0.2) is 14.5 Å². The normalized spacial score (nSPS) is 11.1. The molecule has 4 aromatic rings. The highest BCUT2D eigenvalue weighted by Crippen LogP contribution is 2.33. The van der Waals surface area contributed by atoms with Crippen molar-refractivity contribution in [2.24, 2.45) is 7.05 Å². The van der Waals surface area contributed by atoms with Gasteiger partial charge in [-0.1, -0.05) is 35.3 Å². The van der Waals surface area contributed by atoms with Crippen LogP contribution >= 0.6 is 23.2 Å².